The van der Waals surface area contributed by atoms with Crippen LogP contribution in [-0.2, 0) is 0 Å². The quantitative estimate of drug-likeness (QED) is 0.872. The van der Waals surface area contributed by atoms with Crippen molar-refractivity contribution in [1.82, 2.24) is 0 Å². The van der Waals surface area contributed by atoms with Crippen molar-refractivity contribution < 1.29 is 14.3 Å². The van der Waals surface area contributed by atoms with Crippen LogP contribution in [0.15, 0.2) is 36.4 Å². The molecular weight excluding hydrogens is 292 g/mol. The number of carboxylic acid groups (broad SMARTS) is 1. The van der Waals surface area contributed by atoms with Gasteiger partial charge >= 0.3 is 5.97 Å². The maximum absolute atomic E-state index is 13.6. The van der Waals surface area contributed by atoms with Gasteiger partial charge in [-0.25, -0.2) is 9.18 Å². The van der Waals surface area contributed by atoms with Gasteiger partial charge in [0.15, 0.2) is 0 Å². The lowest BCUT2D eigenvalue weighted by Crippen LogP contribution is -2.04. The molecule has 2 aromatic rings. The zero-order chi connectivity index (χ0) is 14.0. The number of halogens is 3. The number of nitrogens with one attached hydrogen (secondary N) is 1. The highest BCUT2D eigenvalue weighted by molar-refractivity contribution is 6.33. The fraction of sp³-hybridized carbons (Fsp3) is 0. The molecule has 2 N–H and O–H groups in total. The van der Waals surface area contributed by atoms with Crippen LogP contribution >= 0.6 is 23.2 Å². The van der Waals surface area contributed by atoms with Crippen molar-refractivity contribution in [3.05, 3.63) is 57.8 Å². The number of carbonyl (C=O) groups is 1. The van der Waals surface area contributed by atoms with Crippen LogP contribution in [0, 0.1) is 5.82 Å². The smallest absolute Gasteiger partial charge is 0.337 e. The van der Waals surface area contributed by atoms with Gasteiger partial charge in [0, 0.05) is 5.02 Å². The fourth-order valence-corrected chi connectivity index (χ4v) is 1.94. The lowest BCUT2D eigenvalue weighted by Gasteiger charge is -2.12. The van der Waals surface area contributed by atoms with E-state index in [1.54, 1.807) is 0 Å². The Bertz CT molecular complexity index is 626. The third kappa shape index (κ3) is 2.97. The summed E-state index contributed by atoms with van der Waals surface area (Å²) in [5.74, 6) is -1.74. The summed E-state index contributed by atoms with van der Waals surface area (Å²) < 4.78 is 13.6. The summed E-state index contributed by atoms with van der Waals surface area (Å²) in [6, 6.07) is 8.43. The van der Waals surface area contributed by atoms with Gasteiger partial charge in [0.1, 0.15) is 5.82 Å². The van der Waals surface area contributed by atoms with Gasteiger partial charge in [-0.2, -0.15) is 0 Å². The summed E-state index contributed by atoms with van der Waals surface area (Å²) in [4.78, 5) is 11.1. The zero-order valence-corrected chi connectivity index (χ0v) is 11.0. The van der Waals surface area contributed by atoms with Gasteiger partial charge < -0.3 is 10.4 Å². The van der Waals surface area contributed by atoms with E-state index in [0.717, 1.165) is 0 Å². The molecule has 98 valence electrons. The monoisotopic (exact) mass is 299 g/mol. The maximum atomic E-state index is 13.6. The second kappa shape index (κ2) is 5.47. The number of aromatic carboxylic acids is 1. The minimum Gasteiger partial charge on any atom is -0.478 e. The molecule has 3 nitrogen and oxygen atoms in total. The van der Waals surface area contributed by atoms with Crippen molar-refractivity contribution >= 4 is 40.5 Å². The third-order valence-electron chi connectivity index (χ3n) is 2.43. The number of carboxylic acids is 1. The summed E-state index contributed by atoms with van der Waals surface area (Å²) in [5, 5.41) is 12.2. The number of anilines is 2. The molecule has 0 saturated carbocycles. The Hall–Kier alpha value is -1.78. The first-order chi connectivity index (χ1) is 8.99. The SMILES string of the molecule is O=C(O)c1cc(Cl)ccc1Nc1c(F)cccc1Cl. The van der Waals surface area contributed by atoms with Crippen LogP contribution in [0.4, 0.5) is 15.8 Å². The minimum absolute atomic E-state index is 0.0222. The van der Waals surface area contributed by atoms with Gasteiger partial charge in [-0.1, -0.05) is 29.3 Å². The third-order valence-corrected chi connectivity index (χ3v) is 2.98. The normalized spacial score (nSPS) is 10.3. The highest BCUT2D eigenvalue weighted by atomic mass is 35.5. The second-order valence-corrected chi connectivity index (χ2v) is 4.56. The van der Waals surface area contributed by atoms with Gasteiger partial charge in [0.2, 0.25) is 0 Å². The highest BCUT2D eigenvalue weighted by Crippen LogP contribution is 2.30. The van der Waals surface area contributed by atoms with Gasteiger partial charge in [0.25, 0.3) is 0 Å². The van der Waals surface area contributed by atoms with Crippen LogP contribution in [0.2, 0.25) is 10.0 Å². The zero-order valence-electron chi connectivity index (χ0n) is 9.45. The van der Waals surface area contributed by atoms with Crippen LogP contribution in [0.3, 0.4) is 0 Å². The Balaban J connectivity index is 2.47. The first kappa shape index (κ1) is 13.6. The van der Waals surface area contributed by atoms with Crippen molar-refractivity contribution in [2.24, 2.45) is 0 Å². The first-order valence-corrected chi connectivity index (χ1v) is 5.98. The van der Waals surface area contributed by atoms with Gasteiger partial charge in [-0.3, -0.25) is 0 Å². The van der Waals surface area contributed by atoms with E-state index in [9.17, 15) is 9.18 Å². The second-order valence-electron chi connectivity index (χ2n) is 3.72. The summed E-state index contributed by atoms with van der Waals surface area (Å²) in [7, 11) is 0. The molecule has 2 aromatic carbocycles. The average Bonchev–Trinajstić information content (AvgIpc) is 2.35. The van der Waals surface area contributed by atoms with Gasteiger partial charge in [0.05, 0.1) is 22.0 Å². The molecule has 2 rings (SSSR count). The summed E-state index contributed by atoms with van der Waals surface area (Å²) >= 11 is 11.6. The van der Waals surface area contributed by atoms with Crippen molar-refractivity contribution in [1.29, 1.82) is 0 Å². The van der Waals surface area contributed by atoms with E-state index in [4.69, 9.17) is 28.3 Å². The van der Waals surface area contributed by atoms with E-state index in [2.05, 4.69) is 5.32 Å². The van der Waals surface area contributed by atoms with E-state index in [1.165, 1.54) is 36.4 Å². The Kier molecular flexibility index (Phi) is 3.93. The molecule has 0 aliphatic rings. The Morgan fingerprint density at radius 3 is 2.58 bits per heavy atom. The molecule has 19 heavy (non-hydrogen) atoms. The van der Waals surface area contributed by atoms with Crippen molar-refractivity contribution in [3.63, 3.8) is 0 Å². The molecule has 6 heteroatoms. The van der Waals surface area contributed by atoms with Crippen molar-refractivity contribution in [3.8, 4) is 0 Å². The number of hydrogen-bond donors (Lipinski definition) is 2. The first-order valence-electron chi connectivity index (χ1n) is 5.23. The predicted molar refractivity (Wildman–Crippen MR) is 73.1 cm³/mol. The summed E-state index contributed by atoms with van der Waals surface area (Å²) in [5.41, 5.74) is 0.171. The largest absolute Gasteiger partial charge is 0.478 e. The van der Waals surface area contributed by atoms with Gasteiger partial charge in [-0.05, 0) is 30.3 Å². The number of rotatable bonds is 3. The molecule has 0 radical (unpaired) electrons. The van der Waals surface area contributed by atoms with E-state index in [-0.39, 0.29) is 27.0 Å². The summed E-state index contributed by atoms with van der Waals surface area (Å²) in [6.45, 7) is 0. The van der Waals surface area contributed by atoms with Gasteiger partial charge in [-0.15, -0.1) is 0 Å². The van der Waals surface area contributed by atoms with E-state index >= 15 is 0 Å². The molecule has 0 amide bonds. The van der Waals surface area contributed by atoms with Crippen LogP contribution in [0.5, 0.6) is 0 Å². The molecule has 0 fully saturated rings. The number of hydrogen-bond acceptors (Lipinski definition) is 2. The maximum Gasteiger partial charge on any atom is 0.337 e. The van der Waals surface area contributed by atoms with E-state index < -0.39 is 11.8 Å². The molecule has 0 heterocycles. The van der Waals surface area contributed by atoms with Crippen LogP contribution < -0.4 is 5.32 Å². The van der Waals surface area contributed by atoms with Crippen LogP contribution in [0.1, 0.15) is 10.4 Å². The fourth-order valence-electron chi connectivity index (χ4n) is 1.55. The Labute approximate surface area is 118 Å². The lowest BCUT2D eigenvalue weighted by molar-refractivity contribution is 0.0698. The van der Waals surface area contributed by atoms with Crippen LogP contribution in [-0.4, -0.2) is 11.1 Å². The Morgan fingerprint density at radius 2 is 1.95 bits per heavy atom. The van der Waals surface area contributed by atoms with E-state index in [0.29, 0.717) is 0 Å². The molecule has 0 aromatic heterocycles. The average molecular weight is 300 g/mol. The van der Waals surface area contributed by atoms with E-state index in [1.807, 2.05) is 0 Å². The highest BCUT2D eigenvalue weighted by Gasteiger charge is 2.14. The summed E-state index contributed by atoms with van der Waals surface area (Å²) in [6.07, 6.45) is 0. The molecule has 0 bridgehead atoms. The van der Waals surface area contributed by atoms with Crippen LogP contribution in [0.25, 0.3) is 0 Å². The minimum atomic E-state index is -1.17. The molecule has 0 aliphatic carbocycles. The van der Waals surface area contributed by atoms with Crippen molar-refractivity contribution in [2.75, 3.05) is 5.32 Å². The topological polar surface area (TPSA) is 49.3 Å². The number of benzene rings is 2. The molecular formula is C13H8Cl2FNO2. The molecule has 0 unspecified atom stereocenters. The molecule has 0 atom stereocenters. The van der Waals surface area contributed by atoms with Crippen molar-refractivity contribution in [2.45, 2.75) is 0 Å². The number of para-hydroxylation sites is 1. The Morgan fingerprint density at radius 1 is 1.21 bits per heavy atom. The molecule has 0 saturated heterocycles. The molecule has 0 spiro atoms. The standard InChI is InChI=1S/C13H8Cl2FNO2/c14-7-4-5-11(8(6-7)13(18)19)17-12-9(15)2-1-3-10(12)16/h1-6,17H,(H,18,19). The predicted octanol–water partition coefficient (Wildman–Crippen LogP) is 4.57. The molecule has 0 aliphatic heterocycles. The lowest BCUT2D eigenvalue weighted by atomic mass is 10.1.